The SMILES string of the molecule is COc1nc(NCc2ncn[nH]2)nc(OC)n1. The number of hydrogen-bond donors (Lipinski definition) is 2. The first kappa shape index (κ1) is 11.0. The summed E-state index contributed by atoms with van der Waals surface area (Å²) >= 11 is 0. The Hall–Kier alpha value is -2.45. The van der Waals surface area contributed by atoms with Crippen LogP contribution in [-0.4, -0.2) is 44.4 Å². The van der Waals surface area contributed by atoms with E-state index in [0.717, 1.165) is 0 Å². The van der Waals surface area contributed by atoms with Crippen LogP contribution in [0.2, 0.25) is 0 Å². The van der Waals surface area contributed by atoms with Crippen LogP contribution >= 0.6 is 0 Å². The quantitative estimate of drug-likeness (QED) is 0.723. The molecule has 17 heavy (non-hydrogen) atoms. The van der Waals surface area contributed by atoms with Crippen LogP contribution in [0.15, 0.2) is 6.33 Å². The molecule has 0 unspecified atom stereocenters. The third-order valence-corrected chi connectivity index (χ3v) is 1.84. The van der Waals surface area contributed by atoms with Gasteiger partial charge in [-0.1, -0.05) is 0 Å². The average molecular weight is 237 g/mol. The second kappa shape index (κ2) is 5.05. The largest absolute Gasteiger partial charge is 0.467 e. The molecule has 9 heteroatoms. The third-order valence-electron chi connectivity index (χ3n) is 1.84. The topological polar surface area (TPSA) is 111 Å². The Kier molecular flexibility index (Phi) is 3.28. The maximum Gasteiger partial charge on any atom is 0.324 e. The van der Waals surface area contributed by atoms with Gasteiger partial charge in [0.05, 0.1) is 20.8 Å². The van der Waals surface area contributed by atoms with Crippen LogP contribution in [0.5, 0.6) is 12.0 Å². The van der Waals surface area contributed by atoms with Gasteiger partial charge in [0, 0.05) is 0 Å². The lowest BCUT2D eigenvalue weighted by atomic mass is 10.6. The maximum absolute atomic E-state index is 4.92. The normalized spacial score (nSPS) is 10.0. The summed E-state index contributed by atoms with van der Waals surface area (Å²) in [5.74, 6) is 1.01. The number of hydrogen-bond acceptors (Lipinski definition) is 8. The number of ether oxygens (including phenoxy) is 2. The van der Waals surface area contributed by atoms with Crippen molar-refractivity contribution < 1.29 is 9.47 Å². The van der Waals surface area contributed by atoms with Gasteiger partial charge in [-0.15, -0.1) is 4.98 Å². The van der Waals surface area contributed by atoms with Crippen LogP contribution in [0.1, 0.15) is 5.82 Å². The van der Waals surface area contributed by atoms with Crippen LogP contribution < -0.4 is 14.8 Å². The van der Waals surface area contributed by atoms with Gasteiger partial charge in [-0.3, -0.25) is 5.10 Å². The van der Waals surface area contributed by atoms with E-state index in [0.29, 0.717) is 18.3 Å². The first-order valence-electron chi connectivity index (χ1n) is 4.74. The molecule has 0 aliphatic carbocycles. The molecule has 0 atom stereocenters. The van der Waals surface area contributed by atoms with Gasteiger partial charge in [-0.25, -0.2) is 4.98 Å². The molecule has 0 bridgehead atoms. The minimum atomic E-state index is 0.178. The molecule has 2 heterocycles. The summed E-state index contributed by atoms with van der Waals surface area (Å²) in [6, 6.07) is 0.355. The molecule has 0 amide bonds. The highest BCUT2D eigenvalue weighted by Gasteiger charge is 2.07. The fourth-order valence-electron chi connectivity index (χ4n) is 1.08. The fraction of sp³-hybridized carbons (Fsp3) is 0.375. The van der Waals surface area contributed by atoms with Crippen molar-refractivity contribution in [2.45, 2.75) is 6.54 Å². The first-order valence-corrected chi connectivity index (χ1v) is 4.74. The summed E-state index contributed by atoms with van der Waals surface area (Å²) < 4.78 is 9.83. The number of methoxy groups -OCH3 is 2. The van der Waals surface area contributed by atoms with E-state index < -0.39 is 0 Å². The Morgan fingerprint density at radius 2 is 1.88 bits per heavy atom. The predicted octanol–water partition coefficient (Wildman–Crippen LogP) is -0.381. The van der Waals surface area contributed by atoms with E-state index in [1.807, 2.05) is 0 Å². The van der Waals surface area contributed by atoms with Crippen LogP contribution in [-0.2, 0) is 6.54 Å². The monoisotopic (exact) mass is 237 g/mol. The number of anilines is 1. The second-order valence-electron chi connectivity index (χ2n) is 2.92. The van der Waals surface area contributed by atoms with E-state index in [1.165, 1.54) is 20.5 Å². The zero-order chi connectivity index (χ0) is 12.1. The summed E-state index contributed by atoms with van der Waals surface area (Å²) in [6.45, 7) is 0.413. The second-order valence-corrected chi connectivity index (χ2v) is 2.92. The summed E-state index contributed by atoms with van der Waals surface area (Å²) in [4.78, 5) is 15.8. The lowest BCUT2D eigenvalue weighted by Gasteiger charge is -2.05. The zero-order valence-electron chi connectivity index (χ0n) is 9.34. The molecule has 2 rings (SSSR count). The number of aromatic amines is 1. The van der Waals surface area contributed by atoms with Gasteiger partial charge in [0.1, 0.15) is 12.2 Å². The Labute approximate surface area is 96.6 Å². The van der Waals surface area contributed by atoms with E-state index in [4.69, 9.17) is 9.47 Å². The summed E-state index contributed by atoms with van der Waals surface area (Å²) in [5.41, 5.74) is 0. The Morgan fingerprint density at radius 3 is 2.41 bits per heavy atom. The molecule has 0 saturated carbocycles. The molecule has 2 N–H and O–H groups in total. The molecule has 9 nitrogen and oxygen atoms in total. The van der Waals surface area contributed by atoms with Crippen molar-refractivity contribution in [1.82, 2.24) is 30.1 Å². The molecule has 2 aromatic rings. The van der Waals surface area contributed by atoms with Gasteiger partial charge < -0.3 is 14.8 Å². The van der Waals surface area contributed by atoms with Gasteiger partial charge in [0.25, 0.3) is 0 Å². The summed E-state index contributed by atoms with van der Waals surface area (Å²) in [5, 5.41) is 9.37. The van der Waals surface area contributed by atoms with Gasteiger partial charge in [-0.05, 0) is 0 Å². The van der Waals surface area contributed by atoms with E-state index in [9.17, 15) is 0 Å². The molecular weight excluding hydrogens is 226 g/mol. The minimum Gasteiger partial charge on any atom is -0.467 e. The molecule has 0 aromatic carbocycles. The van der Waals surface area contributed by atoms with Crippen molar-refractivity contribution in [2.75, 3.05) is 19.5 Å². The Balaban J connectivity index is 2.09. The van der Waals surface area contributed by atoms with Gasteiger partial charge >= 0.3 is 12.0 Å². The highest BCUT2D eigenvalue weighted by atomic mass is 16.5. The lowest BCUT2D eigenvalue weighted by molar-refractivity contribution is 0.341. The van der Waals surface area contributed by atoms with Gasteiger partial charge in [0.2, 0.25) is 5.95 Å². The molecule has 0 aliphatic rings. The number of nitrogens with one attached hydrogen (secondary N) is 2. The van der Waals surface area contributed by atoms with Gasteiger partial charge in [0.15, 0.2) is 0 Å². The maximum atomic E-state index is 4.92. The third kappa shape index (κ3) is 2.77. The predicted molar refractivity (Wildman–Crippen MR) is 56.6 cm³/mol. The molecule has 0 saturated heterocycles. The standard InChI is InChI=1S/C8H11N7O2/c1-16-7-12-6(13-8(14-7)17-2)9-3-5-10-4-11-15-5/h4H,3H2,1-2H3,(H,10,11,15)(H,9,12,13,14). The number of rotatable bonds is 5. The highest BCUT2D eigenvalue weighted by Crippen LogP contribution is 2.12. The van der Waals surface area contributed by atoms with E-state index in [-0.39, 0.29) is 12.0 Å². The van der Waals surface area contributed by atoms with E-state index in [1.54, 1.807) is 0 Å². The summed E-state index contributed by atoms with van der Waals surface area (Å²) in [6.07, 6.45) is 1.42. The first-order chi connectivity index (χ1) is 8.31. The number of H-pyrrole nitrogens is 1. The fourth-order valence-corrected chi connectivity index (χ4v) is 1.08. The van der Waals surface area contributed by atoms with E-state index >= 15 is 0 Å². The van der Waals surface area contributed by atoms with Crippen LogP contribution in [0.3, 0.4) is 0 Å². The Morgan fingerprint density at radius 1 is 1.18 bits per heavy atom. The lowest BCUT2D eigenvalue weighted by Crippen LogP contribution is -2.08. The molecular formula is C8H11N7O2. The van der Waals surface area contributed by atoms with Crippen LogP contribution in [0.4, 0.5) is 5.95 Å². The van der Waals surface area contributed by atoms with Crippen molar-refractivity contribution >= 4 is 5.95 Å². The summed E-state index contributed by atoms with van der Waals surface area (Å²) in [7, 11) is 2.93. The van der Waals surface area contributed by atoms with E-state index in [2.05, 4.69) is 35.5 Å². The zero-order valence-corrected chi connectivity index (χ0v) is 9.34. The minimum absolute atomic E-state index is 0.178. The Bertz CT molecular complexity index is 450. The molecule has 0 radical (unpaired) electrons. The van der Waals surface area contributed by atoms with Crippen molar-refractivity contribution in [3.63, 3.8) is 0 Å². The molecule has 0 spiro atoms. The van der Waals surface area contributed by atoms with Crippen LogP contribution in [0, 0.1) is 0 Å². The average Bonchev–Trinajstić information content (AvgIpc) is 2.89. The number of nitrogens with zero attached hydrogens (tertiary/aromatic N) is 5. The van der Waals surface area contributed by atoms with Crippen molar-refractivity contribution in [3.05, 3.63) is 12.2 Å². The van der Waals surface area contributed by atoms with Gasteiger partial charge in [-0.2, -0.15) is 15.1 Å². The van der Waals surface area contributed by atoms with Crippen molar-refractivity contribution in [2.24, 2.45) is 0 Å². The molecule has 90 valence electrons. The van der Waals surface area contributed by atoms with Crippen LogP contribution in [0.25, 0.3) is 0 Å². The molecule has 0 aliphatic heterocycles. The molecule has 0 fully saturated rings. The van der Waals surface area contributed by atoms with Crippen molar-refractivity contribution in [1.29, 1.82) is 0 Å². The smallest absolute Gasteiger partial charge is 0.324 e. The highest BCUT2D eigenvalue weighted by molar-refractivity contribution is 5.27. The van der Waals surface area contributed by atoms with Crippen molar-refractivity contribution in [3.8, 4) is 12.0 Å². The number of aromatic nitrogens is 6. The molecule has 2 aromatic heterocycles.